The van der Waals surface area contributed by atoms with E-state index in [1.807, 2.05) is 32.9 Å². The molecule has 0 aliphatic carbocycles. The Morgan fingerprint density at radius 3 is 1.90 bits per heavy atom. The van der Waals surface area contributed by atoms with Gasteiger partial charge in [-0.05, 0) is 64.3 Å². The molecule has 0 bridgehead atoms. The molecule has 1 heterocycles. The highest BCUT2D eigenvalue weighted by molar-refractivity contribution is 6.00. The SMILES string of the molecule is CCOc1cc(NC(=O)Nc2ccc(N3CCCCC3)cc2)cc(OCC)c1OCC. The summed E-state index contributed by atoms with van der Waals surface area (Å²) in [5.41, 5.74) is 2.50. The van der Waals surface area contributed by atoms with Gasteiger partial charge in [0.2, 0.25) is 5.75 Å². The molecule has 0 saturated carbocycles. The van der Waals surface area contributed by atoms with Gasteiger partial charge in [0.25, 0.3) is 0 Å². The van der Waals surface area contributed by atoms with E-state index in [1.165, 1.54) is 24.9 Å². The third kappa shape index (κ3) is 6.20. The lowest BCUT2D eigenvalue weighted by Gasteiger charge is -2.28. The molecule has 168 valence electrons. The molecule has 0 radical (unpaired) electrons. The minimum absolute atomic E-state index is 0.334. The van der Waals surface area contributed by atoms with Gasteiger partial charge < -0.3 is 29.7 Å². The molecule has 31 heavy (non-hydrogen) atoms. The second-order valence-corrected chi connectivity index (χ2v) is 7.27. The van der Waals surface area contributed by atoms with Crippen LogP contribution in [-0.2, 0) is 0 Å². The maximum Gasteiger partial charge on any atom is 0.323 e. The summed E-state index contributed by atoms with van der Waals surface area (Å²) < 4.78 is 17.1. The predicted octanol–water partition coefficient (Wildman–Crippen LogP) is 5.52. The van der Waals surface area contributed by atoms with E-state index in [2.05, 4.69) is 27.7 Å². The highest BCUT2D eigenvalue weighted by atomic mass is 16.5. The smallest absolute Gasteiger partial charge is 0.323 e. The Balaban J connectivity index is 1.68. The van der Waals surface area contributed by atoms with Crippen LogP contribution in [0.15, 0.2) is 36.4 Å². The van der Waals surface area contributed by atoms with E-state index in [0.717, 1.165) is 18.8 Å². The van der Waals surface area contributed by atoms with E-state index in [0.29, 0.717) is 42.8 Å². The molecule has 2 aromatic carbocycles. The lowest BCUT2D eigenvalue weighted by atomic mass is 10.1. The van der Waals surface area contributed by atoms with Crippen molar-refractivity contribution < 1.29 is 19.0 Å². The Morgan fingerprint density at radius 1 is 0.806 bits per heavy atom. The zero-order chi connectivity index (χ0) is 22.1. The average Bonchev–Trinajstić information content (AvgIpc) is 2.77. The molecular formula is C24H33N3O4. The Kier molecular flexibility index (Phi) is 8.27. The first-order chi connectivity index (χ1) is 15.1. The van der Waals surface area contributed by atoms with Crippen molar-refractivity contribution in [2.75, 3.05) is 48.4 Å². The molecule has 1 fully saturated rings. The fraction of sp³-hybridized carbons (Fsp3) is 0.458. The third-order valence-corrected chi connectivity index (χ3v) is 5.01. The quantitative estimate of drug-likeness (QED) is 0.551. The van der Waals surface area contributed by atoms with Gasteiger partial charge in [-0.2, -0.15) is 0 Å². The van der Waals surface area contributed by atoms with Crippen LogP contribution in [0.1, 0.15) is 40.0 Å². The second kappa shape index (κ2) is 11.3. The molecule has 2 amide bonds. The van der Waals surface area contributed by atoms with E-state index in [1.54, 1.807) is 12.1 Å². The fourth-order valence-electron chi connectivity index (χ4n) is 3.66. The molecule has 7 heteroatoms. The summed E-state index contributed by atoms with van der Waals surface area (Å²) in [6.07, 6.45) is 3.77. The Hall–Kier alpha value is -3.09. The van der Waals surface area contributed by atoms with Crippen molar-refractivity contribution in [3.05, 3.63) is 36.4 Å². The highest BCUT2D eigenvalue weighted by Crippen LogP contribution is 2.40. The monoisotopic (exact) mass is 427 g/mol. The predicted molar refractivity (Wildman–Crippen MR) is 125 cm³/mol. The summed E-state index contributed by atoms with van der Waals surface area (Å²) >= 11 is 0. The van der Waals surface area contributed by atoms with Crippen molar-refractivity contribution in [2.45, 2.75) is 40.0 Å². The molecule has 0 spiro atoms. The molecular weight excluding hydrogens is 394 g/mol. The number of carbonyl (C=O) groups is 1. The van der Waals surface area contributed by atoms with Crippen LogP contribution in [-0.4, -0.2) is 38.9 Å². The number of anilines is 3. The largest absolute Gasteiger partial charge is 0.490 e. The van der Waals surface area contributed by atoms with Crippen LogP contribution in [0.3, 0.4) is 0 Å². The van der Waals surface area contributed by atoms with Crippen LogP contribution in [0.25, 0.3) is 0 Å². The van der Waals surface area contributed by atoms with Crippen molar-refractivity contribution >= 4 is 23.1 Å². The highest BCUT2D eigenvalue weighted by Gasteiger charge is 2.16. The molecule has 2 N–H and O–H groups in total. The maximum absolute atomic E-state index is 12.6. The van der Waals surface area contributed by atoms with E-state index in [-0.39, 0.29) is 6.03 Å². The summed E-state index contributed by atoms with van der Waals surface area (Å²) in [5.74, 6) is 1.62. The number of carbonyl (C=O) groups excluding carboxylic acids is 1. The summed E-state index contributed by atoms with van der Waals surface area (Å²) in [4.78, 5) is 15.0. The first-order valence-corrected chi connectivity index (χ1v) is 11.1. The Labute approximate surface area is 184 Å². The van der Waals surface area contributed by atoms with E-state index < -0.39 is 0 Å². The van der Waals surface area contributed by atoms with Gasteiger partial charge in [0.15, 0.2) is 11.5 Å². The number of rotatable bonds is 9. The normalized spacial score (nSPS) is 13.5. The standard InChI is InChI=1S/C24H33N3O4/c1-4-29-21-16-19(17-22(30-5-2)23(21)31-6-3)26-24(28)25-18-10-12-20(13-11-18)27-14-8-7-9-15-27/h10-13,16-17H,4-9,14-15H2,1-3H3,(H2,25,26,28). The summed E-state index contributed by atoms with van der Waals surface area (Å²) in [7, 11) is 0. The zero-order valence-corrected chi connectivity index (χ0v) is 18.7. The molecule has 0 unspecified atom stereocenters. The molecule has 0 atom stereocenters. The van der Waals surface area contributed by atoms with Crippen molar-refractivity contribution in [3.8, 4) is 17.2 Å². The molecule has 7 nitrogen and oxygen atoms in total. The van der Waals surface area contributed by atoms with E-state index in [9.17, 15) is 4.79 Å². The van der Waals surface area contributed by atoms with Gasteiger partial charge in [-0.15, -0.1) is 0 Å². The lowest BCUT2D eigenvalue weighted by Crippen LogP contribution is -2.29. The zero-order valence-electron chi connectivity index (χ0n) is 18.7. The molecule has 1 aliphatic heterocycles. The van der Waals surface area contributed by atoms with Crippen LogP contribution >= 0.6 is 0 Å². The number of nitrogens with one attached hydrogen (secondary N) is 2. The fourth-order valence-corrected chi connectivity index (χ4v) is 3.66. The van der Waals surface area contributed by atoms with Gasteiger partial charge in [-0.1, -0.05) is 0 Å². The van der Waals surface area contributed by atoms with Crippen molar-refractivity contribution in [1.29, 1.82) is 0 Å². The van der Waals surface area contributed by atoms with Crippen LogP contribution in [0.4, 0.5) is 21.9 Å². The number of benzene rings is 2. The van der Waals surface area contributed by atoms with Crippen LogP contribution in [0, 0.1) is 0 Å². The summed E-state index contributed by atoms with van der Waals surface area (Å²) in [5, 5.41) is 5.74. The Morgan fingerprint density at radius 2 is 1.35 bits per heavy atom. The number of nitrogens with zero attached hydrogens (tertiary/aromatic N) is 1. The molecule has 0 aromatic heterocycles. The van der Waals surface area contributed by atoms with Crippen molar-refractivity contribution in [1.82, 2.24) is 0 Å². The van der Waals surface area contributed by atoms with Crippen molar-refractivity contribution in [3.63, 3.8) is 0 Å². The summed E-state index contributed by atoms with van der Waals surface area (Å²) in [6.45, 7) is 9.33. The summed E-state index contributed by atoms with van der Waals surface area (Å²) in [6, 6.07) is 11.1. The number of hydrogen-bond acceptors (Lipinski definition) is 5. The van der Waals surface area contributed by atoms with Gasteiger partial charge in [0.1, 0.15) is 0 Å². The second-order valence-electron chi connectivity index (χ2n) is 7.27. The van der Waals surface area contributed by atoms with E-state index >= 15 is 0 Å². The first-order valence-electron chi connectivity index (χ1n) is 11.1. The van der Waals surface area contributed by atoms with Crippen LogP contribution in [0.5, 0.6) is 17.2 Å². The number of piperidine rings is 1. The van der Waals surface area contributed by atoms with Crippen molar-refractivity contribution in [2.24, 2.45) is 0 Å². The van der Waals surface area contributed by atoms with Gasteiger partial charge in [-0.25, -0.2) is 4.79 Å². The van der Waals surface area contributed by atoms with Gasteiger partial charge in [-0.3, -0.25) is 0 Å². The number of amides is 2. The van der Waals surface area contributed by atoms with Crippen LogP contribution < -0.4 is 29.7 Å². The topological polar surface area (TPSA) is 72.1 Å². The minimum atomic E-state index is -0.334. The average molecular weight is 428 g/mol. The number of hydrogen-bond donors (Lipinski definition) is 2. The Bertz CT molecular complexity index is 821. The lowest BCUT2D eigenvalue weighted by molar-refractivity contribution is 0.260. The van der Waals surface area contributed by atoms with Crippen LogP contribution in [0.2, 0.25) is 0 Å². The minimum Gasteiger partial charge on any atom is -0.490 e. The first kappa shape index (κ1) is 22.6. The number of ether oxygens (including phenoxy) is 3. The molecule has 2 aromatic rings. The van der Waals surface area contributed by atoms with Gasteiger partial charge in [0, 0.05) is 36.6 Å². The number of urea groups is 1. The van der Waals surface area contributed by atoms with E-state index in [4.69, 9.17) is 14.2 Å². The molecule has 3 rings (SSSR count). The van der Waals surface area contributed by atoms with Gasteiger partial charge in [0.05, 0.1) is 25.5 Å². The maximum atomic E-state index is 12.6. The molecule has 1 saturated heterocycles. The molecule has 1 aliphatic rings. The third-order valence-electron chi connectivity index (χ3n) is 5.01. The van der Waals surface area contributed by atoms with Gasteiger partial charge >= 0.3 is 6.03 Å².